The Morgan fingerprint density at radius 2 is 1.65 bits per heavy atom. The van der Waals surface area contributed by atoms with Gasteiger partial charge in [-0.25, -0.2) is 0 Å². The van der Waals surface area contributed by atoms with Crippen molar-refractivity contribution < 1.29 is 0 Å². The highest BCUT2D eigenvalue weighted by Gasteiger charge is 2.29. The first-order valence-corrected chi connectivity index (χ1v) is 8.82. The number of piperidine rings is 2. The Bertz CT molecular complexity index is 665. The molecule has 0 unspecified atom stereocenters. The molecule has 0 aromatic carbocycles. The van der Waals surface area contributed by atoms with Gasteiger partial charge in [-0.3, -0.25) is 0 Å². The van der Waals surface area contributed by atoms with Gasteiger partial charge in [0.1, 0.15) is 6.33 Å². The number of hydrogen-bond acceptors (Lipinski definition) is 5. The molecule has 6 nitrogen and oxygen atoms in total. The summed E-state index contributed by atoms with van der Waals surface area (Å²) >= 11 is 0. The summed E-state index contributed by atoms with van der Waals surface area (Å²) in [6.07, 6.45) is 7.05. The van der Waals surface area contributed by atoms with Crippen molar-refractivity contribution in [3.8, 4) is 0 Å². The van der Waals surface area contributed by atoms with E-state index in [9.17, 15) is 0 Å². The Labute approximate surface area is 137 Å². The first-order valence-electron chi connectivity index (χ1n) is 8.82. The third-order valence-electron chi connectivity index (χ3n) is 5.68. The predicted octanol–water partition coefficient (Wildman–Crippen LogP) is 1.99. The van der Waals surface area contributed by atoms with E-state index in [1.807, 2.05) is 6.92 Å². The molecule has 0 atom stereocenters. The third-order valence-corrected chi connectivity index (χ3v) is 5.68. The van der Waals surface area contributed by atoms with Crippen LogP contribution in [0.1, 0.15) is 31.4 Å². The fourth-order valence-electron chi connectivity index (χ4n) is 4.28. The number of rotatable bonds is 2. The van der Waals surface area contributed by atoms with E-state index in [0.717, 1.165) is 36.3 Å². The molecule has 0 amide bonds. The van der Waals surface area contributed by atoms with Crippen LogP contribution in [-0.2, 0) is 0 Å². The lowest BCUT2D eigenvalue weighted by atomic mass is 9.79. The molecule has 4 rings (SSSR count). The number of aryl methyl sites for hydroxylation is 1. The lowest BCUT2D eigenvalue weighted by Gasteiger charge is -2.40. The lowest BCUT2D eigenvalue weighted by molar-refractivity contribution is 0.154. The van der Waals surface area contributed by atoms with Crippen LogP contribution in [0, 0.1) is 18.8 Å². The molecule has 0 aliphatic carbocycles. The molecule has 0 spiro atoms. The second-order valence-electron chi connectivity index (χ2n) is 7.24. The second kappa shape index (κ2) is 6.07. The molecular formula is C17H26N6. The van der Waals surface area contributed by atoms with Gasteiger partial charge in [0.25, 0.3) is 0 Å². The predicted molar refractivity (Wildman–Crippen MR) is 90.7 cm³/mol. The SMILES string of the molecule is Cc1cc(N2CCC(C3CCN(C)CC3)CC2)c2nncn2n1. The van der Waals surface area contributed by atoms with Gasteiger partial charge in [-0.1, -0.05) is 0 Å². The fraction of sp³-hybridized carbons (Fsp3) is 0.706. The third kappa shape index (κ3) is 2.92. The lowest BCUT2D eigenvalue weighted by Crippen LogP contribution is -2.40. The zero-order valence-corrected chi connectivity index (χ0v) is 14.1. The molecular weight excluding hydrogens is 288 g/mol. The van der Waals surface area contributed by atoms with Gasteiger partial charge >= 0.3 is 0 Å². The van der Waals surface area contributed by atoms with Crippen molar-refractivity contribution in [3.05, 3.63) is 18.1 Å². The average molecular weight is 314 g/mol. The minimum absolute atomic E-state index is 0.883. The van der Waals surface area contributed by atoms with E-state index >= 15 is 0 Å². The van der Waals surface area contributed by atoms with Crippen molar-refractivity contribution in [3.63, 3.8) is 0 Å². The Balaban J connectivity index is 1.45. The summed E-state index contributed by atoms with van der Waals surface area (Å²) in [6.45, 7) is 6.84. The summed E-state index contributed by atoms with van der Waals surface area (Å²) in [6, 6.07) is 2.15. The molecule has 0 saturated carbocycles. The largest absolute Gasteiger partial charge is 0.368 e. The Morgan fingerprint density at radius 3 is 2.35 bits per heavy atom. The molecule has 2 aromatic rings. The Morgan fingerprint density at radius 1 is 1.00 bits per heavy atom. The minimum Gasteiger partial charge on any atom is -0.368 e. The van der Waals surface area contributed by atoms with Crippen LogP contribution in [-0.4, -0.2) is 57.9 Å². The van der Waals surface area contributed by atoms with Crippen molar-refractivity contribution in [2.24, 2.45) is 11.8 Å². The highest BCUT2D eigenvalue weighted by Crippen LogP contribution is 2.34. The Kier molecular flexibility index (Phi) is 3.93. The molecule has 0 radical (unpaired) electrons. The molecule has 2 aliphatic rings. The van der Waals surface area contributed by atoms with E-state index in [1.54, 1.807) is 10.8 Å². The van der Waals surface area contributed by atoms with Gasteiger partial charge in [0.05, 0.1) is 11.4 Å². The highest BCUT2D eigenvalue weighted by atomic mass is 15.4. The summed E-state index contributed by atoms with van der Waals surface area (Å²) < 4.78 is 1.80. The second-order valence-corrected chi connectivity index (χ2v) is 7.24. The molecule has 6 heteroatoms. The van der Waals surface area contributed by atoms with Gasteiger partial charge in [-0.05, 0) is 70.6 Å². The fourth-order valence-corrected chi connectivity index (χ4v) is 4.28. The van der Waals surface area contributed by atoms with Crippen molar-refractivity contribution in [2.45, 2.75) is 32.6 Å². The molecule has 124 valence electrons. The van der Waals surface area contributed by atoms with Crippen LogP contribution in [0.5, 0.6) is 0 Å². The van der Waals surface area contributed by atoms with Gasteiger partial charge < -0.3 is 9.80 Å². The van der Waals surface area contributed by atoms with Gasteiger partial charge in [0, 0.05) is 13.1 Å². The van der Waals surface area contributed by atoms with Crippen LogP contribution in [0.4, 0.5) is 5.69 Å². The number of hydrogen-bond donors (Lipinski definition) is 0. The van der Waals surface area contributed by atoms with E-state index in [-0.39, 0.29) is 0 Å². The van der Waals surface area contributed by atoms with Crippen LogP contribution < -0.4 is 4.90 Å². The first kappa shape index (κ1) is 14.9. The normalized spacial score (nSPS) is 22.1. The molecule has 2 aliphatic heterocycles. The summed E-state index contributed by atoms with van der Waals surface area (Å²) in [5, 5.41) is 12.7. The molecule has 0 bridgehead atoms. The summed E-state index contributed by atoms with van der Waals surface area (Å²) in [4.78, 5) is 4.94. The molecule has 2 aromatic heterocycles. The molecule has 2 saturated heterocycles. The molecule has 23 heavy (non-hydrogen) atoms. The van der Waals surface area contributed by atoms with Crippen LogP contribution in [0.2, 0.25) is 0 Å². The summed E-state index contributed by atoms with van der Waals surface area (Å²) in [5.41, 5.74) is 3.09. The van der Waals surface area contributed by atoms with Gasteiger partial charge in [0.15, 0.2) is 0 Å². The van der Waals surface area contributed by atoms with E-state index in [2.05, 4.69) is 38.2 Å². The van der Waals surface area contributed by atoms with E-state index in [0.29, 0.717) is 0 Å². The number of anilines is 1. The molecule has 0 N–H and O–H groups in total. The Hall–Kier alpha value is -1.69. The first-order chi connectivity index (χ1) is 11.2. The zero-order valence-electron chi connectivity index (χ0n) is 14.1. The highest BCUT2D eigenvalue weighted by molar-refractivity contribution is 5.68. The van der Waals surface area contributed by atoms with Crippen LogP contribution in [0.25, 0.3) is 5.65 Å². The maximum Gasteiger partial charge on any atom is 0.200 e. The zero-order chi connectivity index (χ0) is 15.8. The van der Waals surface area contributed by atoms with Crippen LogP contribution in [0.3, 0.4) is 0 Å². The quantitative estimate of drug-likeness (QED) is 0.848. The summed E-state index contributed by atoms with van der Waals surface area (Å²) in [5.74, 6) is 1.83. The number of likely N-dealkylation sites (tertiary alicyclic amines) is 1. The van der Waals surface area contributed by atoms with E-state index in [1.165, 1.54) is 44.5 Å². The van der Waals surface area contributed by atoms with Gasteiger partial charge in [-0.15, -0.1) is 10.2 Å². The van der Waals surface area contributed by atoms with Crippen LogP contribution in [0.15, 0.2) is 12.4 Å². The monoisotopic (exact) mass is 314 g/mol. The standard InChI is InChI=1S/C17H26N6/c1-13-11-16(17-19-18-12-23(17)20-13)22-9-5-15(6-10-22)14-3-7-21(2)8-4-14/h11-12,14-15H,3-10H2,1-2H3. The van der Waals surface area contributed by atoms with Gasteiger partial charge in [-0.2, -0.15) is 9.61 Å². The maximum atomic E-state index is 4.45. The number of nitrogens with zero attached hydrogens (tertiary/aromatic N) is 6. The maximum absolute atomic E-state index is 4.45. The molecule has 2 fully saturated rings. The van der Waals surface area contributed by atoms with Crippen molar-refractivity contribution in [1.29, 1.82) is 0 Å². The van der Waals surface area contributed by atoms with Crippen molar-refractivity contribution in [2.75, 3.05) is 38.1 Å². The topological polar surface area (TPSA) is 49.6 Å². The van der Waals surface area contributed by atoms with Gasteiger partial charge in [0.2, 0.25) is 5.65 Å². The van der Waals surface area contributed by atoms with E-state index in [4.69, 9.17) is 0 Å². The van der Waals surface area contributed by atoms with Crippen LogP contribution >= 0.6 is 0 Å². The number of aromatic nitrogens is 4. The number of fused-ring (bicyclic) bond motifs is 1. The molecule has 4 heterocycles. The van der Waals surface area contributed by atoms with Crippen molar-refractivity contribution >= 4 is 11.3 Å². The average Bonchev–Trinajstić information content (AvgIpc) is 3.03. The van der Waals surface area contributed by atoms with E-state index < -0.39 is 0 Å². The summed E-state index contributed by atoms with van der Waals surface area (Å²) in [7, 11) is 2.24. The smallest absolute Gasteiger partial charge is 0.200 e. The minimum atomic E-state index is 0.883. The van der Waals surface area contributed by atoms with Crippen molar-refractivity contribution in [1.82, 2.24) is 24.7 Å².